The maximum Gasteiger partial charge on any atom is 0.246 e. The summed E-state index contributed by atoms with van der Waals surface area (Å²) in [5.41, 5.74) is 4.29. The second-order valence-corrected chi connectivity index (χ2v) is 6.35. The van der Waals surface area contributed by atoms with Crippen LogP contribution in [0.2, 0.25) is 0 Å². The average molecular weight is 364 g/mol. The highest BCUT2D eigenvalue weighted by molar-refractivity contribution is 5.97. The van der Waals surface area contributed by atoms with Gasteiger partial charge in [-0.1, -0.05) is 30.3 Å². The molecule has 140 valence electrons. The van der Waals surface area contributed by atoms with Gasteiger partial charge in [0, 0.05) is 0 Å². The number of methoxy groups -OCH3 is 1. The van der Waals surface area contributed by atoms with Gasteiger partial charge in [-0.2, -0.15) is 5.10 Å². The topological polar surface area (TPSA) is 68.2 Å². The fourth-order valence-corrected chi connectivity index (χ4v) is 2.94. The molecule has 0 saturated carbocycles. The van der Waals surface area contributed by atoms with Gasteiger partial charge in [-0.05, 0) is 45.0 Å². The predicted octanol–water partition coefficient (Wildman–Crippen LogP) is 3.94. The molecule has 1 atom stereocenters. The molecule has 3 aromatic rings. The van der Waals surface area contributed by atoms with Gasteiger partial charge in [0.05, 0.1) is 35.6 Å². The van der Waals surface area contributed by atoms with Crippen molar-refractivity contribution in [1.82, 2.24) is 9.78 Å². The van der Waals surface area contributed by atoms with Crippen LogP contribution in [0.15, 0.2) is 54.6 Å². The standard InChI is InChI=1S/C21H24N4O2/c1-14-20(16(3)25(24-14)17-10-6-5-7-11-17)22-15(2)21(26)23-18-12-8-9-13-19(18)27-4/h5-13,15,22H,1-4H3,(H,23,26). The zero-order chi connectivity index (χ0) is 19.4. The van der Waals surface area contributed by atoms with Crippen LogP contribution in [0.3, 0.4) is 0 Å². The number of hydrogen-bond donors (Lipinski definition) is 2. The molecule has 0 saturated heterocycles. The van der Waals surface area contributed by atoms with E-state index in [4.69, 9.17) is 4.74 Å². The summed E-state index contributed by atoms with van der Waals surface area (Å²) < 4.78 is 7.16. The first-order valence-electron chi connectivity index (χ1n) is 8.83. The van der Waals surface area contributed by atoms with Crippen LogP contribution in [-0.2, 0) is 4.79 Å². The van der Waals surface area contributed by atoms with Gasteiger partial charge in [-0.15, -0.1) is 0 Å². The van der Waals surface area contributed by atoms with Crippen LogP contribution in [0.5, 0.6) is 5.75 Å². The minimum Gasteiger partial charge on any atom is -0.495 e. The summed E-state index contributed by atoms with van der Waals surface area (Å²) in [5, 5.41) is 10.8. The van der Waals surface area contributed by atoms with E-state index >= 15 is 0 Å². The maximum absolute atomic E-state index is 12.6. The summed E-state index contributed by atoms with van der Waals surface area (Å²) in [4.78, 5) is 12.6. The number of carbonyl (C=O) groups excluding carboxylic acids is 1. The Hall–Kier alpha value is -3.28. The van der Waals surface area contributed by atoms with Crippen LogP contribution in [0.25, 0.3) is 5.69 Å². The average Bonchev–Trinajstić information content (AvgIpc) is 2.97. The second kappa shape index (κ2) is 7.95. The number of rotatable bonds is 6. The van der Waals surface area contributed by atoms with Gasteiger partial charge in [0.2, 0.25) is 5.91 Å². The van der Waals surface area contributed by atoms with Crippen LogP contribution < -0.4 is 15.4 Å². The Morgan fingerprint density at radius 1 is 1.07 bits per heavy atom. The Bertz CT molecular complexity index is 935. The molecule has 1 unspecified atom stereocenters. The van der Waals surface area contributed by atoms with Gasteiger partial charge in [0.15, 0.2) is 0 Å². The molecule has 6 nitrogen and oxygen atoms in total. The van der Waals surface area contributed by atoms with E-state index in [2.05, 4.69) is 15.7 Å². The molecule has 27 heavy (non-hydrogen) atoms. The number of para-hydroxylation sites is 3. The Balaban J connectivity index is 1.77. The Morgan fingerprint density at radius 3 is 2.44 bits per heavy atom. The van der Waals surface area contributed by atoms with Crippen molar-refractivity contribution < 1.29 is 9.53 Å². The molecule has 0 bridgehead atoms. The van der Waals surface area contributed by atoms with Crippen molar-refractivity contribution in [3.05, 3.63) is 66.0 Å². The molecular formula is C21H24N4O2. The Labute approximate surface area is 159 Å². The van der Waals surface area contributed by atoms with E-state index in [9.17, 15) is 4.79 Å². The van der Waals surface area contributed by atoms with Gasteiger partial charge in [-0.3, -0.25) is 4.79 Å². The molecule has 1 aromatic heterocycles. The lowest BCUT2D eigenvalue weighted by Gasteiger charge is -2.17. The molecule has 0 aliphatic heterocycles. The van der Waals surface area contributed by atoms with Gasteiger partial charge >= 0.3 is 0 Å². The van der Waals surface area contributed by atoms with Gasteiger partial charge in [0.1, 0.15) is 11.8 Å². The van der Waals surface area contributed by atoms with Gasteiger partial charge in [-0.25, -0.2) is 4.68 Å². The lowest BCUT2D eigenvalue weighted by molar-refractivity contribution is -0.116. The highest BCUT2D eigenvalue weighted by Crippen LogP contribution is 2.25. The number of aryl methyl sites for hydroxylation is 1. The van der Waals surface area contributed by atoms with E-state index in [1.807, 2.05) is 80.1 Å². The van der Waals surface area contributed by atoms with Crippen molar-refractivity contribution in [1.29, 1.82) is 0 Å². The lowest BCUT2D eigenvalue weighted by Crippen LogP contribution is -2.32. The highest BCUT2D eigenvalue weighted by Gasteiger charge is 2.19. The number of aromatic nitrogens is 2. The predicted molar refractivity (Wildman–Crippen MR) is 108 cm³/mol. The minimum atomic E-state index is -0.444. The van der Waals surface area contributed by atoms with E-state index in [1.54, 1.807) is 7.11 Å². The van der Waals surface area contributed by atoms with Crippen LogP contribution in [-0.4, -0.2) is 28.8 Å². The molecule has 1 amide bonds. The molecule has 0 radical (unpaired) electrons. The summed E-state index contributed by atoms with van der Waals surface area (Å²) in [5.74, 6) is 0.480. The molecule has 0 fully saturated rings. The Morgan fingerprint density at radius 2 is 1.74 bits per heavy atom. The third kappa shape index (κ3) is 3.95. The molecule has 6 heteroatoms. The molecule has 0 aliphatic rings. The van der Waals surface area contributed by atoms with E-state index < -0.39 is 6.04 Å². The molecule has 1 heterocycles. The Kier molecular flexibility index (Phi) is 5.45. The van der Waals surface area contributed by atoms with E-state index in [0.717, 1.165) is 22.8 Å². The van der Waals surface area contributed by atoms with Crippen molar-refractivity contribution in [3.63, 3.8) is 0 Å². The number of hydrogen-bond acceptors (Lipinski definition) is 4. The largest absolute Gasteiger partial charge is 0.495 e. The zero-order valence-electron chi connectivity index (χ0n) is 16.0. The van der Waals surface area contributed by atoms with Crippen LogP contribution >= 0.6 is 0 Å². The fourth-order valence-electron chi connectivity index (χ4n) is 2.94. The lowest BCUT2D eigenvalue weighted by atomic mass is 10.2. The molecule has 2 aromatic carbocycles. The normalized spacial score (nSPS) is 11.7. The van der Waals surface area contributed by atoms with E-state index in [-0.39, 0.29) is 5.91 Å². The third-order valence-electron chi connectivity index (χ3n) is 4.41. The summed E-state index contributed by atoms with van der Waals surface area (Å²) in [6, 6.07) is 16.8. The van der Waals surface area contributed by atoms with E-state index in [1.165, 1.54) is 0 Å². The molecule has 2 N–H and O–H groups in total. The van der Waals surface area contributed by atoms with Crippen molar-refractivity contribution in [3.8, 4) is 11.4 Å². The van der Waals surface area contributed by atoms with Crippen molar-refractivity contribution in [2.75, 3.05) is 17.7 Å². The van der Waals surface area contributed by atoms with Crippen molar-refractivity contribution >= 4 is 17.3 Å². The first-order chi connectivity index (χ1) is 13.0. The number of nitrogens with one attached hydrogen (secondary N) is 2. The first kappa shape index (κ1) is 18.5. The summed E-state index contributed by atoms with van der Waals surface area (Å²) in [6.45, 7) is 5.74. The number of anilines is 2. The van der Waals surface area contributed by atoms with Crippen LogP contribution in [0.1, 0.15) is 18.3 Å². The van der Waals surface area contributed by atoms with Crippen molar-refractivity contribution in [2.45, 2.75) is 26.8 Å². The number of amides is 1. The molecular weight excluding hydrogens is 340 g/mol. The quantitative estimate of drug-likeness (QED) is 0.695. The number of benzene rings is 2. The minimum absolute atomic E-state index is 0.147. The number of nitrogens with zero attached hydrogens (tertiary/aromatic N) is 2. The number of ether oxygens (including phenoxy) is 1. The fraction of sp³-hybridized carbons (Fsp3) is 0.238. The van der Waals surface area contributed by atoms with Gasteiger partial charge in [0.25, 0.3) is 0 Å². The second-order valence-electron chi connectivity index (χ2n) is 6.35. The van der Waals surface area contributed by atoms with Crippen molar-refractivity contribution in [2.24, 2.45) is 0 Å². The van der Waals surface area contributed by atoms with Crippen LogP contribution in [0, 0.1) is 13.8 Å². The van der Waals surface area contributed by atoms with E-state index in [0.29, 0.717) is 11.4 Å². The summed E-state index contributed by atoms with van der Waals surface area (Å²) in [7, 11) is 1.58. The SMILES string of the molecule is COc1ccccc1NC(=O)C(C)Nc1c(C)nn(-c2ccccc2)c1C. The first-order valence-corrected chi connectivity index (χ1v) is 8.83. The third-order valence-corrected chi connectivity index (χ3v) is 4.41. The molecule has 3 rings (SSSR count). The zero-order valence-corrected chi connectivity index (χ0v) is 16.0. The summed E-state index contributed by atoms with van der Waals surface area (Å²) >= 11 is 0. The highest BCUT2D eigenvalue weighted by atomic mass is 16.5. The number of carbonyl (C=O) groups is 1. The summed E-state index contributed by atoms with van der Waals surface area (Å²) in [6.07, 6.45) is 0. The van der Waals surface area contributed by atoms with Crippen LogP contribution in [0.4, 0.5) is 11.4 Å². The molecule has 0 spiro atoms. The molecule has 0 aliphatic carbocycles. The maximum atomic E-state index is 12.6. The smallest absolute Gasteiger partial charge is 0.246 e. The monoisotopic (exact) mass is 364 g/mol. The van der Waals surface area contributed by atoms with Gasteiger partial charge < -0.3 is 15.4 Å².